The van der Waals surface area contributed by atoms with Gasteiger partial charge in [0.05, 0.1) is 13.6 Å². The first-order valence-corrected chi connectivity index (χ1v) is 12.4. The summed E-state index contributed by atoms with van der Waals surface area (Å²) in [7, 11) is -1.41. The van der Waals surface area contributed by atoms with E-state index in [0.29, 0.717) is 0 Å². The molecule has 1 aliphatic carbocycles. The van der Waals surface area contributed by atoms with Crippen molar-refractivity contribution in [3.8, 4) is 0 Å². The first kappa shape index (κ1) is 16.4. The number of aryl methyl sites for hydroxylation is 2. The second kappa shape index (κ2) is 6.00. The third-order valence-electron chi connectivity index (χ3n) is 5.40. The highest BCUT2D eigenvalue weighted by Crippen LogP contribution is 2.50. The van der Waals surface area contributed by atoms with Crippen molar-refractivity contribution in [3.63, 3.8) is 0 Å². The normalized spacial score (nSPS) is 18.7. The molecule has 0 radical (unpaired) electrons. The third-order valence-corrected chi connectivity index (χ3v) is 7.46. The molecule has 0 bridgehead atoms. The summed E-state index contributed by atoms with van der Waals surface area (Å²) < 4.78 is 0. The number of hydrogen-bond donors (Lipinski definition) is 0. The van der Waals surface area contributed by atoms with Crippen LogP contribution in [0.2, 0.25) is 13.1 Å². The molecule has 1 heterocycles. The van der Waals surface area contributed by atoms with E-state index in [9.17, 15) is 0 Å². The molecular weight excluding hydrogens is 316 g/mol. The molecule has 1 heteroatoms. The summed E-state index contributed by atoms with van der Waals surface area (Å²) in [4.78, 5) is 0. The van der Waals surface area contributed by atoms with Crippen LogP contribution in [-0.2, 0) is 0 Å². The number of hydrogen-bond acceptors (Lipinski definition) is 0. The number of benzene rings is 2. The number of rotatable bonds is 2. The minimum Gasteiger partial charge on any atom is -0.118 e. The number of allylic oxidation sites excluding steroid dienone is 2. The van der Waals surface area contributed by atoms with Crippen molar-refractivity contribution in [1.82, 2.24) is 0 Å². The smallest absolute Gasteiger partial charge is 0.0990 e. The van der Waals surface area contributed by atoms with Gasteiger partial charge in [-0.05, 0) is 44.4 Å². The highest BCUT2D eigenvalue weighted by molar-refractivity contribution is 6.88. The van der Waals surface area contributed by atoms with Crippen LogP contribution < -0.4 is 0 Å². The molecule has 1 saturated carbocycles. The molecule has 2 aliphatic rings. The standard InChI is InChI=1S/C24H26Si/c1-17-5-9-19(10-6-17)21-13-14-22(20-11-7-18(2)8-12-20)24-16-25(3,4)15-23(21)24/h5-12,15-16H,13-14H2,1-4H3. The first-order valence-electron chi connectivity index (χ1n) is 9.25. The van der Waals surface area contributed by atoms with Crippen LogP contribution in [0.4, 0.5) is 0 Å². The fourth-order valence-corrected chi connectivity index (χ4v) is 6.30. The van der Waals surface area contributed by atoms with Crippen LogP contribution >= 0.6 is 0 Å². The Labute approximate surface area is 153 Å². The molecule has 0 nitrogen and oxygen atoms in total. The van der Waals surface area contributed by atoms with Gasteiger partial charge in [0.25, 0.3) is 0 Å². The zero-order valence-electron chi connectivity index (χ0n) is 15.7. The lowest BCUT2D eigenvalue weighted by Gasteiger charge is -2.34. The van der Waals surface area contributed by atoms with Crippen molar-refractivity contribution in [1.29, 1.82) is 0 Å². The lowest BCUT2D eigenvalue weighted by molar-refractivity contribution is 0.772. The fourth-order valence-electron chi connectivity index (χ4n) is 4.07. The molecule has 126 valence electrons. The van der Waals surface area contributed by atoms with Crippen LogP contribution in [0.3, 0.4) is 0 Å². The molecule has 0 amide bonds. The van der Waals surface area contributed by atoms with Gasteiger partial charge in [-0.1, -0.05) is 53.7 Å². The van der Waals surface area contributed by atoms with Gasteiger partial charge in [-0.2, -0.15) is 0 Å². The van der Waals surface area contributed by atoms with Crippen LogP contribution in [0, 0.1) is 25.7 Å². The monoisotopic (exact) mass is 342 g/mol. The molecule has 0 aromatic heterocycles. The van der Waals surface area contributed by atoms with Crippen molar-refractivity contribution in [2.75, 3.05) is 0 Å². The SMILES string of the molecule is Cc1ccc([C+]2CC[C-](c3ccc(C)cc3)C3=C[Si](C)(C)C=C32)cc1. The summed E-state index contributed by atoms with van der Waals surface area (Å²) in [5, 5.41) is 0. The maximum absolute atomic E-state index is 2.60. The van der Waals surface area contributed by atoms with Crippen LogP contribution in [-0.4, -0.2) is 8.07 Å². The lowest BCUT2D eigenvalue weighted by Crippen LogP contribution is -2.18. The van der Waals surface area contributed by atoms with E-state index < -0.39 is 8.07 Å². The van der Waals surface area contributed by atoms with Crippen molar-refractivity contribution in [2.45, 2.75) is 39.8 Å². The number of fused-ring (bicyclic) bond motifs is 1. The molecular formula is C24H26Si. The molecule has 25 heavy (non-hydrogen) atoms. The van der Waals surface area contributed by atoms with E-state index in [0.717, 1.165) is 12.8 Å². The van der Waals surface area contributed by atoms with E-state index >= 15 is 0 Å². The Morgan fingerprint density at radius 1 is 0.840 bits per heavy atom. The van der Waals surface area contributed by atoms with E-state index in [4.69, 9.17) is 0 Å². The average Bonchev–Trinajstić information content (AvgIpc) is 2.91. The summed E-state index contributed by atoms with van der Waals surface area (Å²) in [5.74, 6) is 3.08. The minimum atomic E-state index is -1.41. The first-order chi connectivity index (χ1) is 11.9. The second-order valence-electron chi connectivity index (χ2n) is 8.13. The maximum atomic E-state index is 2.60. The van der Waals surface area contributed by atoms with Gasteiger partial charge >= 0.3 is 0 Å². The third kappa shape index (κ3) is 3.09. The predicted octanol–water partition coefficient (Wildman–Crippen LogP) is 6.30. The van der Waals surface area contributed by atoms with E-state index in [1.165, 1.54) is 33.4 Å². The molecule has 2 aromatic carbocycles. The van der Waals surface area contributed by atoms with Gasteiger partial charge < -0.3 is 0 Å². The van der Waals surface area contributed by atoms with Gasteiger partial charge in [-0.3, -0.25) is 0 Å². The Hall–Kier alpha value is -2.12. The van der Waals surface area contributed by atoms with E-state index in [2.05, 4.69) is 86.9 Å². The topological polar surface area (TPSA) is 0 Å². The molecule has 0 spiro atoms. The van der Waals surface area contributed by atoms with Gasteiger partial charge in [0.1, 0.15) is 0 Å². The van der Waals surface area contributed by atoms with Crippen LogP contribution in [0.5, 0.6) is 0 Å². The molecule has 1 fully saturated rings. The van der Waals surface area contributed by atoms with Gasteiger partial charge in [-0.15, -0.1) is 17.7 Å². The van der Waals surface area contributed by atoms with Crippen molar-refractivity contribution < 1.29 is 0 Å². The van der Waals surface area contributed by atoms with Gasteiger partial charge in [0, 0.05) is 23.6 Å². The summed E-state index contributed by atoms with van der Waals surface area (Å²) in [6, 6.07) is 18.2. The zero-order chi connectivity index (χ0) is 17.6. The highest BCUT2D eigenvalue weighted by atomic mass is 28.3. The van der Waals surface area contributed by atoms with Crippen LogP contribution in [0.1, 0.15) is 35.1 Å². The maximum Gasteiger partial charge on any atom is 0.0990 e. The van der Waals surface area contributed by atoms with Crippen molar-refractivity contribution in [2.24, 2.45) is 0 Å². The summed E-state index contributed by atoms with van der Waals surface area (Å²) >= 11 is 0. The molecule has 0 unspecified atom stereocenters. The largest absolute Gasteiger partial charge is 0.118 e. The molecule has 4 rings (SSSR count). The van der Waals surface area contributed by atoms with E-state index in [-0.39, 0.29) is 0 Å². The predicted molar refractivity (Wildman–Crippen MR) is 110 cm³/mol. The fraction of sp³-hybridized carbons (Fsp3) is 0.250. The van der Waals surface area contributed by atoms with E-state index in [1.54, 1.807) is 11.8 Å². The van der Waals surface area contributed by atoms with Crippen molar-refractivity contribution in [3.05, 3.63) is 105 Å². The Bertz CT molecular complexity index is 763. The summed E-state index contributed by atoms with van der Waals surface area (Å²) in [5.41, 5.74) is 13.7. The summed E-state index contributed by atoms with van der Waals surface area (Å²) in [6.45, 7) is 9.22. The summed E-state index contributed by atoms with van der Waals surface area (Å²) in [6.07, 6.45) is 2.28. The van der Waals surface area contributed by atoms with Gasteiger partial charge in [0.15, 0.2) is 0 Å². The van der Waals surface area contributed by atoms with Crippen LogP contribution in [0.25, 0.3) is 0 Å². The Kier molecular flexibility index (Phi) is 3.92. The molecule has 1 aliphatic heterocycles. The van der Waals surface area contributed by atoms with Crippen molar-refractivity contribution >= 4 is 8.07 Å². The highest BCUT2D eigenvalue weighted by Gasteiger charge is 2.38. The molecule has 0 atom stereocenters. The Morgan fingerprint density at radius 3 is 2.08 bits per heavy atom. The Balaban J connectivity index is 1.73. The van der Waals surface area contributed by atoms with E-state index in [1.807, 2.05) is 0 Å². The molecule has 2 aromatic rings. The molecule has 0 saturated heterocycles. The second-order valence-corrected chi connectivity index (χ2v) is 12.3. The van der Waals surface area contributed by atoms with Gasteiger partial charge in [-0.25, -0.2) is 0 Å². The quantitative estimate of drug-likeness (QED) is 0.444. The van der Waals surface area contributed by atoms with Crippen LogP contribution in [0.15, 0.2) is 71.1 Å². The lowest BCUT2D eigenvalue weighted by atomic mass is 9.71. The van der Waals surface area contributed by atoms with Gasteiger partial charge in [0.2, 0.25) is 0 Å². The molecule has 0 N–H and O–H groups in total. The Morgan fingerprint density at radius 2 is 1.44 bits per heavy atom. The zero-order valence-corrected chi connectivity index (χ0v) is 16.7. The average molecular weight is 343 g/mol. The minimum absolute atomic E-state index is 1.14.